The van der Waals surface area contributed by atoms with Crippen molar-refractivity contribution in [3.8, 4) is 11.5 Å². The molecule has 7 nitrogen and oxygen atoms in total. The van der Waals surface area contributed by atoms with Gasteiger partial charge in [0.15, 0.2) is 23.4 Å². The first-order valence-corrected chi connectivity index (χ1v) is 8.59. The highest BCUT2D eigenvalue weighted by molar-refractivity contribution is 5.76. The second kappa shape index (κ2) is 8.00. The van der Waals surface area contributed by atoms with E-state index in [0.717, 1.165) is 18.6 Å². The third-order valence-electron chi connectivity index (χ3n) is 4.01. The smallest absolute Gasteiger partial charge is 0.227 e. The quantitative estimate of drug-likeness (QED) is 0.766. The second-order valence-corrected chi connectivity index (χ2v) is 6.13. The monoisotopic (exact) mass is 345 g/mol. The summed E-state index contributed by atoms with van der Waals surface area (Å²) < 4.78 is 16.7. The van der Waals surface area contributed by atoms with E-state index in [4.69, 9.17) is 14.0 Å². The van der Waals surface area contributed by atoms with E-state index in [1.807, 2.05) is 24.3 Å². The lowest BCUT2D eigenvalue weighted by atomic mass is 10.2. The molecule has 0 saturated heterocycles. The van der Waals surface area contributed by atoms with E-state index < -0.39 is 0 Å². The Bertz CT molecular complexity index is 716. The van der Waals surface area contributed by atoms with E-state index in [9.17, 15) is 4.79 Å². The van der Waals surface area contributed by atoms with Crippen LogP contribution < -0.4 is 9.47 Å². The zero-order chi connectivity index (χ0) is 17.6. The van der Waals surface area contributed by atoms with Crippen molar-refractivity contribution in [3.63, 3.8) is 0 Å². The van der Waals surface area contributed by atoms with E-state index in [1.165, 1.54) is 0 Å². The minimum absolute atomic E-state index is 0.0118. The average Bonchev–Trinajstić information content (AvgIpc) is 3.07. The summed E-state index contributed by atoms with van der Waals surface area (Å²) in [6.45, 7) is 2.96. The van der Waals surface area contributed by atoms with Gasteiger partial charge >= 0.3 is 0 Å². The molecule has 1 aliphatic rings. The molecular weight excluding hydrogens is 322 g/mol. The summed E-state index contributed by atoms with van der Waals surface area (Å²) in [5, 5.41) is 3.90. The topological polar surface area (TPSA) is 77.7 Å². The average molecular weight is 345 g/mol. The minimum Gasteiger partial charge on any atom is -0.486 e. The number of aromatic nitrogens is 2. The molecule has 7 heteroatoms. The van der Waals surface area contributed by atoms with Gasteiger partial charge in [0.25, 0.3) is 0 Å². The Kier molecular flexibility index (Phi) is 5.53. The number of hydrogen-bond acceptors (Lipinski definition) is 6. The fourth-order valence-electron chi connectivity index (χ4n) is 2.68. The zero-order valence-corrected chi connectivity index (χ0v) is 14.6. The molecule has 2 heterocycles. The van der Waals surface area contributed by atoms with Crippen LogP contribution in [0.5, 0.6) is 11.5 Å². The Hall–Kier alpha value is -2.57. The molecule has 0 bridgehead atoms. The van der Waals surface area contributed by atoms with Gasteiger partial charge in [0.1, 0.15) is 6.61 Å². The SMILES string of the molecule is CCCc1noc(CCC(=O)N(C)C[C@@H]2COc3ccccc3O2)n1. The number of fused-ring (bicyclic) bond motifs is 1. The van der Waals surface area contributed by atoms with Gasteiger partial charge in [-0.2, -0.15) is 4.98 Å². The minimum atomic E-state index is -0.177. The van der Waals surface area contributed by atoms with E-state index in [-0.39, 0.29) is 12.0 Å². The van der Waals surface area contributed by atoms with Gasteiger partial charge in [-0.1, -0.05) is 24.2 Å². The lowest BCUT2D eigenvalue weighted by Crippen LogP contribution is -2.41. The van der Waals surface area contributed by atoms with Crippen molar-refractivity contribution in [2.75, 3.05) is 20.2 Å². The standard InChI is InChI=1S/C18H23N3O4/c1-3-6-16-19-17(25-20-16)9-10-18(22)21(2)11-13-12-23-14-7-4-5-8-15(14)24-13/h4-5,7-8,13H,3,6,9-12H2,1-2H3/t13-/m1/s1. The third kappa shape index (κ3) is 4.49. The van der Waals surface area contributed by atoms with E-state index >= 15 is 0 Å². The highest BCUT2D eigenvalue weighted by Crippen LogP contribution is 2.30. The number of ether oxygens (including phenoxy) is 2. The number of carbonyl (C=O) groups excluding carboxylic acids is 1. The predicted octanol–water partition coefficient (Wildman–Crippen LogP) is 2.25. The van der Waals surface area contributed by atoms with Gasteiger partial charge in [-0.05, 0) is 18.6 Å². The molecule has 0 saturated carbocycles. The van der Waals surface area contributed by atoms with Gasteiger partial charge in [-0.25, -0.2) is 0 Å². The zero-order valence-electron chi connectivity index (χ0n) is 14.6. The lowest BCUT2D eigenvalue weighted by Gasteiger charge is -2.29. The summed E-state index contributed by atoms with van der Waals surface area (Å²) in [4.78, 5) is 18.2. The maximum Gasteiger partial charge on any atom is 0.227 e. The third-order valence-corrected chi connectivity index (χ3v) is 4.01. The number of para-hydroxylation sites is 2. The molecule has 2 aromatic rings. The number of hydrogen-bond donors (Lipinski definition) is 0. The maximum atomic E-state index is 12.3. The van der Waals surface area contributed by atoms with Crippen molar-refractivity contribution in [3.05, 3.63) is 36.0 Å². The summed E-state index contributed by atoms with van der Waals surface area (Å²) >= 11 is 0. The van der Waals surface area contributed by atoms with E-state index in [0.29, 0.717) is 43.5 Å². The molecule has 1 atom stereocenters. The Balaban J connectivity index is 1.46. The Labute approximate surface area is 146 Å². The van der Waals surface area contributed by atoms with Crippen LogP contribution >= 0.6 is 0 Å². The van der Waals surface area contributed by atoms with Crippen LogP contribution in [0.1, 0.15) is 31.5 Å². The molecule has 1 aromatic heterocycles. The van der Waals surface area contributed by atoms with Gasteiger partial charge in [0.05, 0.1) is 6.54 Å². The van der Waals surface area contributed by atoms with Gasteiger partial charge < -0.3 is 18.9 Å². The maximum absolute atomic E-state index is 12.3. The molecule has 134 valence electrons. The fraction of sp³-hybridized carbons (Fsp3) is 0.500. The van der Waals surface area contributed by atoms with Crippen LogP contribution in [-0.4, -0.2) is 47.3 Å². The van der Waals surface area contributed by atoms with Crippen LogP contribution in [0.15, 0.2) is 28.8 Å². The number of aryl methyl sites for hydroxylation is 2. The second-order valence-electron chi connectivity index (χ2n) is 6.13. The van der Waals surface area contributed by atoms with Crippen molar-refractivity contribution in [2.24, 2.45) is 0 Å². The van der Waals surface area contributed by atoms with Gasteiger partial charge in [0, 0.05) is 26.3 Å². The lowest BCUT2D eigenvalue weighted by molar-refractivity contribution is -0.131. The molecule has 0 N–H and O–H groups in total. The number of carbonyl (C=O) groups is 1. The summed E-state index contributed by atoms with van der Waals surface area (Å²) in [7, 11) is 1.77. The van der Waals surface area contributed by atoms with Crippen LogP contribution in [0.25, 0.3) is 0 Å². The first-order chi connectivity index (χ1) is 12.2. The van der Waals surface area contributed by atoms with Crippen LogP contribution in [0.3, 0.4) is 0 Å². The molecule has 0 unspecified atom stereocenters. The normalized spacial score (nSPS) is 15.8. The van der Waals surface area contributed by atoms with Crippen molar-refractivity contribution >= 4 is 5.91 Å². The van der Waals surface area contributed by atoms with Crippen molar-refractivity contribution < 1.29 is 18.8 Å². The Morgan fingerprint density at radius 2 is 2.08 bits per heavy atom. The van der Waals surface area contributed by atoms with Gasteiger partial charge in [-0.3, -0.25) is 4.79 Å². The first kappa shape index (κ1) is 17.3. The van der Waals surface area contributed by atoms with E-state index in [1.54, 1.807) is 11.9 Å². The van der Waals surface area contributed by atoms with Gasteiger partial charge in [0.2, 0.25) is 11.8 Å². The molecule has 0 radical (unpaired) electrons. The largest absolute Gasteiger partial charge is 0.486 e. The molecule has 1 amide bonds. The number of benzene rings is 1. The molecule has 3 rings (SSSR count). The molecule has 0 spiro atoms. The summed E-state index contributed by atoms with van der Waals surface area (Å²) in [6.07, 6.45) is 2.35. The molecule has 25 heavy (non-hydrogen) atoms. The van der Waals surface area contributed by atoms with E-state index in [2.05, 4.69) is 17.1 Å². The highest BCUT2D eigenvalue weighted by Gasteiger charge is 2.23. The molecule has 1 aromatic carbocycles. The Morgan fingerprint density at radius 3 is 2.88 bits per heavy atom. The number of rotatable bonds is 7. The predicted molar refractivity (Wildman–Crippen MR) is 90.6 cm³/mol. The summed E-state index contributed by atoms with van der Waals surface area (Å²) in [5.74, 6) is 2.68. The fourth-order valence-corrected chi connectivity index (χ4v) is 2.68. The van der Waals surface area contributed by atoms with Crippen LogP contribution in [-0.2, 0) is 17.6 Å². The van der Waals surface area contributed by atoms with Crippen LogP contribution in [0.4, 0.5) is 0 Å². The molecule has 0 fully saturated rings. The Morgan fingerprint density at radius 1 is 1.28 bits per heavy atom. The summed E-state index contributed by atoms with van der Waals surface area (Å²) in [5.41, 5.74) is 0. The van der Waals surface area contributed by atoms with Gasteiger partial charge in [-0.15, -0.1) is 0 Å². The van der Waals surface area contributed by atoms with Crippen LogP contribution in [0, 0.1) is 0 Å². The number of nitrogens with zero attached hydrogens (tertiary/aromatic N) is 3. The molecule has 1 aliphatic heterocycles. The molecule has 0 aliphatic carbocycles. The summed E-state index contributed by atoms with van der Waals surface area (Å²) in [6, 6.07) is 7.54. The highest BCUT2D eigenvalue weighted by atomic mass is 16.6. The van der Waals surface area contributed by atoms with Crippen molar-refractivity contribution in [1.82, 2.24) is 15.0 Å². The van der Waals surface area contributed by atoms with Crippen molar-refractivity contribution in [2.45, 2.75) is 38.7 Å². The first-order valence-electron chi connectivity index (χ1n) is 8.59. The number of likely N-dealkylation sites (N-methyl/N-ethyl adjacent to an activating group) is 1. The van der Waals surface area contributed by atoms with Crippen molar-refractivity contribution in [1.29, 1.82) is 0 Å². The molecular formula is C18H23N3O4. The number of amides is 1. The van der Waals surface area contributed by atoms with Crippen LogP contribution in [0.2, 0.25) is 0 Å².